The summed E-state index contributed by atoms with van der Waals surface area (Å²) in [6, 6.07) is 3.35. The molecule has 0 spiro atoms. The van der Waals surface area contributed by atoms with E-state index in [0.717, 1.165) is 12.1 Å². The third-order valence-electron chi connectivity index (χ3n) is 2.71. The number of anilines is 1. The minimum absolute atomic E-state index is 0.0453. The highest BCUT2D eigenvalue weighted by Gasteiger charge is 2.13. The van der Waals surface area contributed by atoms with E-state index >= 15 is 0 Å². The van der Waals surface area contributed by atoms with Crippen molar-refractivity contribution in [2.24, 2.45) is 0 Å². The molecule has 0 aromatic heterocycles. The Hall–Kier alpha value is -1.39. The van der Waals surface area contributed by atoms with Crippen molar-refractivity contribution in [1.82, 2.24) is 0 Å². The highest BCUT2D eigenvalue weighted by Crippen LogP contribution is 2.27. The molecule has 0 saturated carbocycles. The maximum absolute atomic E-state index is 11.4. The first kappa shape index (κ1) is 15.7. The van der Waals surface area contributed by atoms with Gasteiger partial charge in [-0.15, -0.1) is 0 Å². The summed E-state index contributed by atoms with van der Waals surface area (Å²) >= 11 is 6.16. The van der Waals surface area contributed by atoms with Gasteiger partial charge in [-0.3, -0.25) is 4.79 Å². The fraction of sp³-hybridized carbons (Fsp3) is 0.429. The Morgan fingerprint density at radius 1 is 1.42 bits per heavy atom. The molecular weight excluding hydrogens is 264 g/mol. The number of carbonyl (C=O) groups is 1. The zero-order chi connectivity index (χ0) is 14.4. The van der Waals surface area contributed by atoms with Crippen LogP contribution >= 0.6 is 11.6 Å². The molecule has 0 radical (unpaired) electrons. The molecule has 104 valence electrons. The lowest BCUT2D eigenvalue weighted by atomic mass is 10.0. The van der Waals surface area contributed by atoms with Crippen LogP contribution in [0.4, 0.5) is 5.69 Å². The maximum atomic E-state index is 11.4. The molecule has 0 atom stereocenters. The monoisotopic (exact) mass is 282 g/mol. The number of ether oxygens (including phenoxy) is 1. The summed E-state index contributed by atoms with van der Waals surface area (Å²) in [5.41, 5.74) is 2.28. The predicted octanol–water partition coefficient (Wildman–Crippen LogP) is 3.38. The molecule has 0 aliphatic rings. The van der Waals surface area contributed by atoms with E-state index < -0.39 is 0 Å². The number of ketones is 1. The molecule has 0 bridgehead atoms. The van der Waals surface area contributed by atoms with E-state index in [9.17, 15) is 4.79 Å². The molecule has 4 nitrogen and oxygen atoms in total. The number of hydrogen-bond acceptors (Lipinski definition) is 4. The van der Waals surface area contributed by atoms with Gasteiger partial charge in [0.25, 0.3) is 0 Å². The summed E-state index contributed by atoms with van der Waals surface area (Å²) in [7, 11) is 1.65. The molecule has 1 aromatic rings. The van der Waals surface area contributed by atoms with Gasteiger partial charge in [-0.2, -0.15) is 0 Å². The molecule has 19 heavy (non-hydrogen) atoms. The Kier molecular flexibility index (Phi) is 5.99. The summed E-state index contributed by atoms with van der Waals surface area (Å²) in [6.45, 7) is 4.53. The number of halogens is 1. The Morgan fingerprint density at radius 3 is 2.63 bits per heavy atom. The van der Waals surface area contributed by atoms with E-state index in [1.54, 1.807) is 26.2 Å². The van der Waals surface area contributed by atoms with Crippen LogP contribution in [0.2, 0.25) is 5.02 Å². The number of benzene rings is 1. The van der Waals surface area contributed by atoms with Gasteiger partial charge in [0.15, 0.2) is 5.78 Å². The van der Waals surface area contributed by atoms with E-state index in [1.165, 1.54) is 6.92 Å². The SMILES string of the molecule is COCCCNc1cc(C(C)=O)cc(Cl)c1C(C)=N. The van der Waals surface area contributed by atoms with Crippen molar-refractivity contribution >= 4 is 28.8 Å². The molecule has 1 aromatic carbocycles. The van der Waals surface area contributed by atoms with Crippen LogP contribution in [0.1, 0.15) is 36.2 Å². The second-order valence-electron chi connectivity index (χ2n) is 4.33. The number of methoxy groups -OCH3 is 1. The topological polar surface area (TPSA) is 62.2 Å². The smallest absolute Gasteiger partial charge is 0.159 e. The second kappa shape index (κ2) is 7.26. The Balaban J connectivity index is 3.03. The molecule has 0 unspecified atom stereocenters. The van der Waals surface area contributed by atoms with Crippen LogP contribution < -0.4 is 5.32 Å². The van der Waals surface area contributed by atoms with Gasteiger partial charge in [-0.25, -0.2) is 0 Å². The van der Waals surface area contributed by atoms with Gasteiger partial charge in [0.2, 0.25) is 0 Å². The third-order valence-corrected chi connectivity index (χ3v) is 3.01. The number of rotatable bonds is 7. The second-order valence-corrected chi connectivity index (χ2v) is 4.74. The Labute approximate surface area is 118 Å². The van der Waals surface area contributed by atoms with Gasteiger partial charge >= 0.3 is 0 Å². The van der Waals surface area contributed by atoms with Crippen molar-refractivity contribution in [2.45, 2.75) is 20.3 Å². The molecule has 2 N–H and O–H groups in total. The van der Waals surface area contributed by atoms with Crippen molar-refractivity contribution in [2.75, 3.05) is 25.6 Å². The highest BCUT2D eigenvalue weighted by atomic mass is 35.5. The fourth-order valence-electron chi connectivity index (χ4n) is 1.77. The van der Waals surface area contributed by atoms with Gasteiger partial charge in [-0.05, 0) is 32.4 Å². The standard InChI is InChI=1S/C14H19ClN2O2/c1-9(16)14-12(15)7-11(10(2)18)8-13(14)17-5-4-6-19-3/h7-8,16-17H,4-6H2,1-3H3. The van der Waals surface area contributed by atoms with E-state index in [1.807, 2.05) is 0 Å². The molecule has 5 heteroatoms. The van der Waals surface area contributed by atoms with E-state index in [0.29, 0.717) is 35.0 Å². The van der Waals surface area contributed by atoms with Gasteiger partial charge in [-0.1, -0.05) is 11.6 Å². The largest absolute Gasteiger partial charge is 0.385 e. The first-order valence-corrected chi connectivity index (χ1v) is 6.48. The van der Waals surface area contributed by atoms with Crippen LogP contribution in [0.15, 0.2) is 12.1 Å². The Bertz CT molecular complexity index is 487. The van der Waals surface area contributed by atoms with Gasteiger partial charge in [0, 0.05) is 42.8 Å². The first-order valence-electron chi connectivity index (χ1n) is 6.10. The molecule has 0 amide bonds. The molecule has 0 fully saturated rings. The molecular formula is C14H19ClN2O2. The minimum atomic E-state index is -0.0453. The first-order chi connectivity index (χ1) is 8.97. The van der Waals surface area contributed by atoms with Crippen LogP contribution in [-0.2, 0) is 4.74 Å². The van der Waals surface area contributed by atoms with Gasteiger partial charge < -0.3 is 15.5 Å². The summed E-state index contributed by atoms with van der Waals surface area (Å²) in [6.07, 6.45) is 0.842. The average Bonchev–Trinajstić information content (AvgIpc) is 2.33. The number of Topliss-reactive ketones (excluding diaryl/α,β-unsaturated/α-hetero) is 1. The van der Waals surface area contributed by atoms with Crippen LogP contribution in [0.25, 0.3) is 0 Å². The lowest BCUT2D eigenvalue weighted by Gasteiger charge is -2.14. The van der Waals surface area contributed by atoms with Crippen molar-refractivity contribution in [3.8, 4) is 0 Å². The van der Waals surface area contributed by atoms with Crippen molar-refractivity contribution in [1.29, 1.82) is 5.41 Å². The van der Waals surface area contributed by atoms with Crippen molar-refractivity contribution in [3.63, 3.8) is 0 Å². The molecule has 0 heterocycles. The third kappa shape index (κ3) is 4.33. The van der Waals surface area contributed by atoms with Crippen LogP contribution in [0.3, 0.4) is 0 Å². The fourth-order valence-corrected chi connectivity index (χ4v) is 2.13. The van der Waals surface area contributed by atoms with Crippen molar-refractivity contribution < 1.29 is 9.53 Å². The number of hydrogen-bond donors (Lipinski definition) is 2. The number of nitrogens with one attached hydrogen (secondary N) is 2. The highest BCUT2D eigenvalue weighted by molar-refractivity contribution is 6.35. The van der Waals surface area contributed by atoms with Crippen LogP contribution in [0, 0.1) is 5.41 Å². The molecule has 0 aliphatic carbocycles. The lowest BCUT2D eigenvalue weighted by molar-refractivity contribution is 0.101. The van der Waals surface area contributed by atoms with Gasteiger partial charge in [0.05, 0.1) is 5.02 Å². The number of carbonyl (C=O) groups excluding carboxylic acids is 1. The zero-order valence-electron chi connectivity index (χ0n) is 11.5. The van der Waals surface area contributed by atoms with Crippen LogP contribution in [0.5, 0.6) is 0 Å². The lowest BCUT2D eigenvalue weighted by Crippen LogP contribution is -2.10. The summed E-state index contributed by atoms with van der Waals surface area (Å²) in [4.78, 5) is 11.4. The summed E-state index contributed by atoms with van der Waals surface area (Å²) in [5.74, 6) is -0.0453. The quantitative estimate of drug-likeness (QED) is 0.458. The normalized spacial score (nSPS) is 10.3. The zero-order valence-corrected chi connectivity index (χ0v) is 12.2. The maximum Gasteiger partial charge on any atom is 0.159 e. The Morgan fingerprint density at radius 2 is 2.11 bits per heavy atom. The van der Waals surface area contributed by atoms with E-state index in [-0.39, 0.29) is 5.78 Å². The van der Waals surface area contributed by atoms with E-state index in [2.05, 4.69) is 5.32 Å². The minimum Gasteiger partial charge on any atom is -0.385 e. The predicted molar refractivity (Wildman–Crippen MR) is 78.9 cm³/mol. The average molecular weight is 283 g/mol. The summed E-state index contributed by atoms with van der Waals surface area (Å²) in [5, 5.41) is 11.4. The van der Waals surface area contributed by atoms with Crippen molar-refractivity contribution in [3.05, 3.63) is 28.3 Å². The molecule has 0 aliphatic heterocycles. The van der Waals surface area contributed by atoms with Crippen LogP contribution in [-0.4, -0.2) is 31.8 Å². The van der Waals surface area contributed by atoms with E-state index in [4.69, 9.17) is 21.7 Å². The molecule has 1 rings (SSSR count). The van der Waals surface area contributed by atoms with Gasteiger partial charge in [0.1, 0.15) is 0 Å². The summed E-state index contributed by atoms with van der Waals surface area (Å²) < 4.78 is 4.98. The molecule has 0 saturated heterocycles.